The lowest BCUT2D eigenvalue weighted by atomic mass is 10.0. The SMILES string of the molecule is C=CCn1c(SCC(=O)Nc2cccc(C(F)(F)F)c2)nnc1[C@H](NC(=O)c1ccccc1Cl)C(C)C. The highest BCUT2D eigenvalue weighted by atomic mass is 35.5. The van der Waals surface area contributed by atoms with Gasteiger partial charge in [0.15, 0.2) is 11.0 Å². The molecule has 3 rings (SSSR count). The molecule has 1 aromatic heterocycles. The van der Waals surface area contributed by atoms with Crippen LogP contribution in [-0.2, 0) is 17.5 Å². The molecule has 37 heavy (non-hydrogen) atoms. The van der Waals surface area contributed by atoms with Gasteiger partial charge >= 0.3 is 6.18 Å². The Kier molecular flexibility index (Phi) is 9.39. The van der Waals surface area contributed by atoms with Gasteiger partial charge in [-0.1, -0.05) is 61.5 Å². The number of hydrogen-bond acceptors (Lipinski definition) is 5. The lowest BCUT2D eigenvalue weighted by molar-refractivity contribution is -0.137. The van der Waals surface area contributed by atoms with Crippen LogP contribution in [0, 0.1) is 5.92 Å². The Morgan fingerprint density at radius 3 is 2.54 bits per heavy atom. The lowest BCUT2D eigenvalue weighted by Gasteiger charge is -2.23. The van der Waals surface area contributed by atoms with Crippen molar-refractivity contribution in [2.75, 3.05) is 11.1 Å². The number of amides is 2. The maximum absolute atomic E-state index is 12.9. The number of nitrogens with one attached hydrogen (secondary N) is 2. The number of thioether (sulfide) groups is 1. The quantitative estimate of drug-likeness (QED) is 0.238. The van der Waals surface area contributed by atoms with E-state index in [1.54, 1.807) is 34.9 Å². The number of nitrogens with zero attached hydrogens (tertiary/aromatic N) is 3. The number of benzene rings is 2. The van der Waals surface area contributed by atoms with E-state index in [0.717, 1.165) is 23.9 Å². The van der Waals surface area contributed by atoms with Crippen LogP contribution in [0.1, 0.15) is 41.6 Å². The number of alkyl halides is 3. The van der Waals surface area contributed by atoms with Gasteiger partial charge in [0.25, 0.3) is 5.91 Å². The fourth-order valence-corrected chi connectivity index (χ4v) is 4.41. The number of hydrogen-bond donors (Lipinski definition) is 2. The number of aromatic nitrogens is 3. The minimum Gasteiger partial charge on any atom is -0.342 e. The molecule has 2 amide bonds. The van der Waals surface area contributed by atoms with Gasteiger partial charge in [0.2, 0.25) is 5.91 Å². The van der Waals surface area contributed by atoms with E-state index < -0.39 is 23.7 Å². The molecule has 0 saturated carbocycles. The van der Waals surface area contributed by atoms with Crippen molar-refractivity contribution >= 4 is 40.9 Å². The van der Waals surface area contributed by atoms with E-state index in [1.807, 2.05) is 13.8 Å². The van der Waals surface area contributed by atoms with Crippen molar-refractivity contribution in [1.29, 1.82) is 0 Å². The molecule has 12 heteroatoms. The summed E-state index contributed by atoms with van der Waals surface area (Å²) in [4.78, 5) is 25.3. The van der Waals surface area contributed by atoms with E-state index in [9.17, 15) is 22.8 Å². The summed E-state index contributed by atoms with van der Waals surface area (Å²) in [5.41, 5.74) is -0.492. The zero-order chi connectivity index (χ0) is 27.2. The monoisotopic (exact) mass is 551 g/mol. The van der Waals surface area contributed by atoms with Crippen molar-refractivity contribution in [1.82, 2.24) is 20.1 Å². The van der Waals surface area contributed by atoms with Gasteiger partial charge < -0.3 is 15.2 Å². The lowest BCUT2D eigenvalue weighted by Crippen LogP contribution is -2.34. The summed E-state index contributed by atoms with van der Waals surface area (Å²) >= 11 is 7.23. The zero-order valence-corrected chi connectivity index (χ0v) is 21.6. The predicted octanol–water partition coefficient (Wildman–Crippen LogP) is 5.99. The molecule has 7 nitrogen and oxygen atoms in total. The zero-order valence-electron chi connectivity index (χ0n) is 20.1. The third kappa shape index (κ3) is 7.36. The van der Waals surface area contributed by atoms with E-state index in [4.69, 9.17) is 11.6 Å². The maximum Gasteiger partial charge on any atom is 0.416 e. The van der Waals surface area contributed by atoms with E-state index in [0.29, 0.717) is 28.1 Å². The van der Waals surface area contributed by atoms with Gasteiger partial charge in [-0.05, 0) is 36.2 Å². The van der Waals surface area contributed by atoms with Crippen molar-refractivity contribution in [3.63, 3.8) is 0 Å². The van der Waals surface area contributed by atoms with Crippen molar-refractivity contribution in [3.05, 3.63) is 83.2 Å². The van der Waals surface area contributed by atoms with Crippen molar-refractivity contribution < 1.29 is 22.8 Å². The molecule has 1 heterocycles. The molecule has 0 unspecified atom stereocenters. The third-order valence-electron chi connectivity index (χ3n) is 5.21. The molecule has 0 aliphatic rings. The standard InChI is InChI=1S/C25H25ClF3N5O2S/c1-4-12-34-22(21(15(2)3)31-23(36)18-10-5-6-11-19(18)26)32-33-24(34)37-14-20(35)30-17-9-7-8-16(13-17)25(27,28)29/h4-11,13,15,21H,1,12,14H2,2-3H3,(H,30,35)(H,31,36)/t21-/m1/s1. The first-order chi connectivity index (χ1) is 17.5. The highest BCUT2D eigenvalue weighted by Gasteiger charge is 2.30. The molecule has 0 spiro atoms. The van der Waals surface area contributed by atoms with Gasteiger partial charge in [0.05, 0.1) is 27.9 Å². The van der Waals surface area contributed by atoms with Gasteiger partial charge in [-0.3, -0.25) is 9.59 Å². The Balaban J connectivity index is 1.75. The molecule has 2 aromatic carbocycles. The summed E-state index contributed by atoms with van der Waals surface area (Å²) < 4.78 is 40.5. The van der Waals surface area contributed by atoms with Crippen LogP contribution in [0.25, 0.3) is 0 Å². The predicted molar refractivity (Wildman–Crippen MR) is 138 cm³/mol. The molecule has 0 aliphatic heterocycles. The fraction of sp³-hybridized carbons (Fsp3) is 0.280. The van der Waals surface area contributed by atoms with Crippen molar-refractivity contribution in [2.45, 2.75) is 37.8 Å². The maximum atomic E-state index is 12.9. The number of halogens is 4. The Bertz CT molecular complexity index is 1280. The van der Waals surface area contributed by atoms with Gasteiger partial charge in [-0.15, -0.1) is 16.8 Å². The van der Waals surface area contributed by atoms with E-state index in [-0.39, 0.29) is 23.3 Å². The highest BCUT2D eigenvalue weighted by molar-refractivity contribution is 7.99. The summed E-state index contributed by atoms with van der Waals surface area (Å²) in [7, 11) is 0. The second-order valence-electron chi connectivity index (χ2n) is 8.33. The fourth-order valence-electron chi connectivity index (χ4n) is 3.43. The second kappa shape index (κ2) is 12.3. The molecule has 0 aliphatic carbocycles. The van der Waals surface area contributed by atoms with Crippen LogP contribution >= 0.6 is 23.4 Å². The molecule has 2 N–H and O–H groups in total. The number of rotatable bonds is 10. The van der Waals surface area contributed by atoms with Gasteiger partial charge in [0.1, 0.15) is 0 Å². The Morgan fingerprint density at radius 1 is 1.16 bits per heavy atom. The van der Waals surface area contributed by atoms with E-state index >= 15 is 0 Å². The average Bonchev–Trinajstić information content (AvgIpc) is 3.23. The number of carbonyl (C=O) groups excluding carboxylic acids is 2. The molecule has 0 saturated heterocycles. The molecule has 0 radical (unpaired) electrons. The van der Waals surface area contributed by atoms with Crippen LogP contribution < -0.4 is 10.6 Å². The molecule has 0 bridgehead atoms. The van der Waals surface area contributed by atoms with Crippen LogP contribution in [0.15, 0.2) is 66.3 Å². The largest absolute Gasteiger partial charge is 0.416 e. The normalized spacial score (nSPS) is 12.3. The van der Waals surface area contributed by atoms with Crippen molar-refractivity contribution in [2.24, 2.45) is 5.92 Å². The van der Waals surface area contributed by atoms with Crippen molar-refractivity contribution in [3.8, 4) is 0 Å². The summed E-state index contributed by atoms with van der Waals surface area (Å²) in [6.45, 7) is 7.90. The van der Waals surface area contributed by atoms with Gasteiger partial charge in [-0.25, -0.2) is 0 Å². The van der Waals surface area contributed by atoms with Crippen LogP contribution in [0.2, 0.25) is 5.02 Å². The van der Waals surface area contributed by atoms with Gasteiger partial charge in [0, 0.05) is 12.2 Å². The van der Waals surface area contributed by atoms with Crippen LogP contribution in [-0.4, -0.2) is 32.3 Å². The molecule has 1 atom stereocenters. The Labute approximate surface area is 221 Å². The second-order valence-corrected chi connectivity index (χ2v) is 9.68. The minimum absolute atomic E-state index is 0.0378. The first-order valence-corrected chi connectivity index (χ1v) is 12.6. The van der Waals surface area contributed by atoms with Crippen LogP contribution in [0.5, 0.6) is 0 Å². The molecular weight excluding hydrogens is 527 g/mol. The van der Waals surface area contributed by atoms with Crippen LogP contribution in [0.4, 0.5) is 18.9 Å². The Morgan fingerprint density at radius 2 is 1.89 bits per heavy atom. The highest BCUT2D eigenvalue weighted by Crippen LogP contribution is 2.31. The average molecular weight is 552 g/mol. The number of anilines is 1. The van der Waals surface area contributed by atoms with Gasteiger partial charge in [-0.2, -0.15) is 13.2 Å². The number of allylic oxidation sites excluding steroid dienone is 1. The topological polar surface area (TPSA) is 88.9 Å². The smallest absolute Gasteiger partial charge is 0.342 e. The molecular formula is C25H25ClF3N5O2S. The molecule has 196 valence electrons. The summed E-state index contributed by atoms with van der Waals surface area (Å²) in [6, 6.07) is 10.6. The third-order valence-corrected chi connectivity index (χ3v) is 6.51. The van der Waals surface area contributed by atoms with E-state index in [2.05, 4.69) is 27.4 Å². The van der Waals surface area contributed by atoms with E-state index in [1.165, 1.54) is 12.1 Å². The number of carbonyl (C=O) groups is 2. The summed E-state index contributed by atoms with van der Waals surface area (Å²) in [5, 5.41) is 14.6. The molecule has 3 aromatic rings. The van der Waals surface area contributed by atoms with Crippen LogP contribution in [0.3, 0.4) is 0 Å². The minimum atomic E-state index is -4.51. The molecule has 0 fully saturated rings. The first-order valence-electron chi connectivity index (χ1n) is 11.2. The summed E-state index contributed by atoms with van der Waals surface area (Å²) in [5.74, 6) is -0.597. The summed E-state index contributed by atoms with van der Waals surface area (Å²) in [6.07, 6.45) is -2.88. The Hall–Kier alpha value is -3.31. The first kappa shape index (κ1) is 28.3.